The van der Waals surface area contributed by atoms with Crippen LogP contribution in [0.2, 0.25) is 5.02 Å². The second kappa shape index (κ2) is 11.1. The first-order valence-corrected chi connectivity index (χ1v) is 11.5. The Labute approximate surface area is 182 Å². The Morgan fingerprint density at radius 3 is 2.43 bits per heavy atom. The molecule has 2 N–H and O–H groups in total. The van der Waals surface area contributed by atoms with Crippen molar-refractivity contribution in [3.63, 3.8) is 0 Å². The van der Waals surface area contributed by atoms with E-state index in [1.54, 1.807) is 37.3 Å². The summed E-state index contributed by atoms with van der Waals surface area (Å²) in [6.45, 7) is 3.87. The van der Waals surface area contributed by atoms with Crippen LogP contribution in [0.1, 0.15) is 26.7 Å². The van der Waals surface area contributed by atoms with Crippen LogP contribution in [0.25, 0.3) is 0 Å². The number of nitrogens with one attached hydrogen (secondary N) is 2. The van der Waals surface area contributed by atoms with Gasteiger partial charge in [-0.05, 0) is 43.7 Å². The maximum Gasteiger partial charge on any atom is 0.246 e. The Morgan fingerprint density at radius 1 is 1.10 bits per heavy atom. The lowest BCUT2D eigenvalue weighted by molar-refractivity contribution is -0.138. The maximum atomic E-state index is 12.7. The number of para-hydroxylation sites is 1. The van der Waals surface area contributed by atoms with Gasteiger partial charge in [-0.3, -0.25) is 9.59 Å². The van der Waals surface area contributed by atoms with Gasteiger partial charge in [-0.1, -0.05) is 42.8 Å². The van der Waals surface area contributed by atoms with Crippen molar-refractivity contribution in [2.75, 3.05) is 18.4 Å². The molecule has 0 aliphatic carbocycles. The van der Waals surface area contributed by atoms with Crippen LogP contribution >= 0.6 is 11.6 Å². The Hall–Kier alpha value is -2.42. The van der Waals surface area contributed by atoms with Crippen LogP contribution in [-0.4, -0.2) is 44.3 Å². The van der Waals surface area contributed by atoms with E-state index in [9.17, 15) is 18.0 Å². The van der Waals surface area contributed by atoms with Gasteiger partial charge < -0.3 is 10.2 Å². The molecule has 1 atom stereocenters. The standard InChI is InChI=1S/C21H26ClN3O4S/c1-3-14-25(16(2)21(27)24-18-9-5-4-6-10-18)20(26)12-13-23-30(28,29)19-11-7-8-17(22)15-19/h4-11,15-16,23H,3,12-14H2,1-2H3,(H,24,27). The molecule has 0 aliphatic heterocycles. The second-order valence-corrected chi connectivity index (χ2v) is 8.93. The van der Waals surface area contributed by atoms with E-state index in [-0.39, 0.29) is 29.7 Å². The largest absolute Gasteiger partial charge is 0.331 e. The maximum absolute atomic E-state index is 12.7. The number of nitrogens with zero attached hydrogens (tertiary/aromatic N) is 1. The highest BCUT2D eigenvalue weighted by Gasteiger charge is 2.25. The zero-order valence-electron chi connectivity index (χ0n) is 17.0. The number of rotatable bonds is 10. The number of carbonyl (C=O) groups is 2. The number of hydrogen-bond donors (Lipinski definition) is 2. The first-order chi connectivity index (χ1) is 14.2. The Kier molecular flexibility index (Phi) is 8.83. The number of carbonyl (C=O) groups excluding carboxylic acids is 2. The first kappa shape index (κ1) is 23.9. The summed E-state index contributed by atoms with van der Waals surface area (Å²) in [5.74, 6) is -0.608. The third-order valence-corrected chi connectivity index (χ3v) is 6.10. The normalized spacial score (nSPS) is 12.2. The smallest absolute Gasteiger partial charge is 0.246 e. The van der Waals surface area contributed by atoms with E-state index < -0.39 is 16.1 Å². The topological polar surface area (TPSA) is 95.6 Å². The summed E-state index contributed by atoms with van der Waals surface area (Å²) in [6.07, 6.45) is 0.603. The van der Waals surface area contributed by atoms with Gasteiger partial charge in [0.25, 0.3) is 0 Å². The van der Waals surface area contributed by atoms with Crippen LogP contribution in [0.15, 0.2) is 59.5 Å². The minimum atomic E-state index is -3.78. The molecule has 0 aliphatic rings. The molecule has 2 rings (SSSR count). The van der Waals surface area contributed by atoms with E-state index in [2.05, 4.69) is 10.0 Å². The molecule has 0 bridgehead atoms. The van der Waals surface area contributed by atoms with Crippen LogP contribution in [0, 0.1) is 0 Å². The summed E-state index contributed by atoms with van der Waals surface area (Å²) in [4.78, 5) is 26.7. The Morgan fingerprint density at radius 2 is 1.80 bits per heavy atom. The third kappa shape index (κ3) is 6.83. The molecule has 0 spiro atoms. The van der Waals surface area contributed by atoms with E-state index in [4.69, 9.17) is 11.6 Å². The van der Waals surface area contributed by atoms with Gasteiger partial charge in [-0.15, -0.1) is 0 Å². The summed E-state index contributed by atoms with van der Waals surface area (Å²) in [7, 11) is -3.78. The fourth-order valence-corrected chi connectivity index (χ4v) is 4.17. The molecule has 7 nitrogen and oxygen atoms in total. The van der Waals surface area contributed by atoms with Crippen molar-refractivity contribution >= 4 is 39.1 Å². The molecule has 162 valence electrons. The lowest BCUT2D eigenvalue weighted by atomic mass is 10.2. The Bertz CT molecular complexity index is 967. The van der Waals surface area contributed by atoms with Gasteiger partial charge in [0.2, 0.25) is 21.8 Å². The molecular weight excluding hydrogens is 426 g/mol. The van der Waals surface area contributed by atoms with Crippen molar-refractivity contribution in [2.24, 2.45) is 0 Å². The fraction of sp³-hybridized carbons (Fsp3) is 0.333. The quantitative estimate of drug-likeness (QED) is 0.579. The average Bonchev–Trinajstić information content (AvgIpc) is 2.72. The van der Waals surface area contributed by atoms with Gasteiger partial charge in [0, 0.05) is 30.2 Å². The van der Waals surface area contributed by atoms with E-state index in [1.165, 1.54) is 23.1 Å². The summed E-state index contributed by atoms with van der Waals surface area (Å²) < 4.78 is 27.1. The van der Waals surface area contributed by atoms with Crippen molar-refractivity contribution in [2.45, 2.75) is 37.6 Å². The van der Waals surface area contributed by atoms with Gasteiger partial charge in [-0.2, -0.15) is 0 Å². The van der Waals surface area contributed by atoms with E-state index >= 15 is 0 Å². The highest BCUT2D eigenvalue weighted by atomic mass is 35.5. The number of anilines is 1. The van der Waals surface area contributed by atoms with Crippen molar-refractivity contribution < 1.29 is 18.0 Å². The molecule has 0 fully saturated rings. The average molecular weight is 452 g/mol. The summed E-state index contributed by atoms with van der Waals surface area (Å²) >= 11 is 5.84. The zero-order chi connectivity index (χ0) is 22.1. The third-order valence-electron chi connectivity index (χ3n) is 4.41. The van der Waals surface area contributed by atoms with Gasteiger partial charge in [0.1, 0.15) is 6.04 Å². The zero-order valence-corrected chi connectivity index (χ0v) is 18.5. The van der Waals surface area contributed by atoms with Crippen LogP contribution in [-0.2, 0) is 19.6 Å². The predicted molar refractivity (Wildman–Crippen MR) is 118 cm³/mol. The lowest BCUT2D eigenvalue weighted by Crippen LogP contribution is -2.46. The van der Waals surface area contributed by atoms with E-state index in [0.717, 1.165) is 0 Å². The second-order valence-electron chi connectivity index (χ2n) is 6.72. The van der Waals surface area contributed by atoms with Crippen LogP contribution < -0.4 is 10.0 Å². The number of hydrogen-bond acceptors (Lipinski definition) is 4. The fourth-order valence-electron chi connectivity index (χ4n) is 2.84. The van der Waals surface area contributed by atoms with Gasteiger partial charge >= 0.3 is 0 Å². The number of amides is 2. The van der Waals surface area contributed by atoms with E-state index in [1.807, 2.05) is 13.0 Å². The Balaban J connectivity index is 1.96. The minimum Gasteiger partial charge on any atom is -0.331 e. The first-order valence-electron chi connectivity index (χ1n) is 9.65. The lowest BCUT2D eigenvalue weighted by Gasteiger charge is -2.28. The van der Waals surface area contributed by atoms with Gasteiger partial charge in [0.05, 0.1) is 4.90 Å². The van der Waals surface area contributed by atoms with Crippen LogP contribution in [0.5, 0.6) is 0 Å². The van der Waals surface area contributed by atoms with Crippen molar-refractivity contribution in [3.8, 4) is 0 Å². The molecule has 1 unspecified atom stereocenters. The summed E-state index contributed by atoms with van der Waals surface area (Å²) in [5, 5.41) is 3.09. The summed E-state index contributed by atoms with van der Waals surface area (Å²) in [6, 6.07) is 14.2. The monoisotopic (exact) mass is 451 g/mol. The molecule has 30 heavy (non-hydrogen) atoms. The molecular formula is C21H26ClN3O4S. The summed E-state index contributed by atoms with van der Waals surface area (Å²) in [5.41, 5.74) is 0.646. The van der Waals surface area contributed by atoms with Crippen molar-refractivity contribution in [3.05, 3.63) is 59.6 Å². The highest BCUT2D eigenvalue weighted by molar-refractivity contribution is 7.89. The minimum absolute atomic E-state index is 0.0310. The molecule has 0 saturated carbocycles. The molecule has 0 radical (unpaired) electrons. The number of sulfonamides is 1. The predicted octanol–water partition coefficient (Wildman–Crippen LogP) is 3.27. The van der Waals surface area contributed by atoms with Crippen molar-refractivity contribution in [1.29, 1.82) is 0 Å². The molecule has 2 amide bonds. The molecule has 2 aromatic carbocycles. The van der Waals surface area contributed by atoms with E-state index in [0.29, 0.717) is 23.7 Å². The highest BCUT2D eigenvalue weighted by Crippen LogP contribution is 2.15. The molecule has 9 heteroatoms. The molecule has 0 aromatic heterocycles. The number of halogens is 1. The number of benzene rings is 2. The molecule has 0 saturated heterocycles. The van der Waals surface area contributed by atoms with Crippen LogP contribution in [0.4, 0.5) is 5.69 Å². The van der Waals surface area contributed by atoms with Gasteiger partial charge in [0.15, 0.2) is 0 Å². The SMILES string of the molecule is CCCN(C(=O)CCNS(=O)(=O)c1cccc(Cl)c1)C(C)C(=O)Nc1ccccc1. The van der Waals surface area contributed by atoms with Crippen molar-refractivity contribution in [1.82, 2.24) is 9.62 Å². The molecule has 0 heterocycles. The molecule has 2 aromatic rings. The van der Waals surface area contributed by atoms with Crippen LogP contribution in [0.3, 0.4) is 0 Å². The van der Waals surface area contributed by atoms with Gasteiger partial charge in [-0.25, -0.2) is 13.1 Å².